The number of hydrogen-bond acceptors (Lipinski definition) is 4. The molecule has 122 valence electrons. The zero-order chi connectivity index (χ0) is 16.6. The zero-order valence-electron chi connectivity index (χ0n) is 13.3. The quantitative estimate of drug-likeness (QED) is 0.906. The first-order chi connectivity index (χ1) is 10.9. The Kier molecular flexibility index (Phi) is 4.41. The van der Waals surface area contributed by atoms with Gasteiger partial charge in [0.15, 0.2) is 0 Å². The van der Waals surface area contributed by atoms with Crippen LogP contribution in [0, 0.1) is 0 Å². The van der Waals surface area contributed by atoms with E-state index in [1.807, 2.05) is 19.9 Å². The summed E-state index contributed by atoms with van der Waals surface area (Å²) in [4.78, 5) is 21.9. The molecule has 0 amide bonds. The molecule has 5 nitrogen and oxygen atoms in total. The highest BCUT2D eigenvalue weighted by molar-refractivity contribution is 6.32. The number of nitrogens with zero attached hydrogens (tertiary/aromatic N) is 2. The van der Waals surface area contributed by atoms with Gasteiger partial charge >= 0.3 is 0 Å². The molecular weight excluding hydrogens is 314 g/mol. The topological polar surface area (TPSA) is 69.2 Å². The molecule has 0 atom stereocenters. The zero-order valence-corrected chi connectivity index (χ0v) is 14.0. The molecule has 0 radical (unpaired) electrons. The van der Waals surface area contributed by atoms with Crippen molar-refractivity contribution < 1.29 is 5.11 Å². The molecule has 0 saturated carbocycles. The van der Waals surface area contributed by atoms with E-state index in [0.29, 0.717) is 24.5 Å². The standard InChI is InChI=1S/C17H20ClN3O2/c1-10(2)16-19-14-9-21(6-5-12(14)17(23)20-16)8-11-3-4-15(22)13(18)7-11/h3-4,7,10,22H,5-6,8-9H2,1-2H3,(H,19,20,23). The molecular formula is C17H20ClN3O2. The predicted molar refractivity (Wildman–Crippen MR) is 89.9 cm³/mol. The molecule has 23 heavy (non-hydrogen) atoms. The van der Waals surface area contributed by atoms with Crippen LogP contribution in [0.25, 0.3) is 0 Å². The Morgan fingerprint density at radius 1 is 1.43 bits per heavy atom. The minimum atomic E-state index is -0.00831. The van der Waals surface area contributed by atoms with E-state index in [2.05, 4.69) is 14.9 Å². The minimum Gasteiger partial charge on any atom is -0.506 e. The summed E-state index contributed by atoms with van der Waals surface area (Å²) in [5.74, 6) is 1.02. The number of nitrogens with one attached hydrogen (secondary N) is 1. The van der Waals surface area contributed by atoms with Crippen LogP contribution in [0.3, 0.4) is 0 Å². The Morgan fingerprint density at radius 2 is 2.22 bits per heavy atom. The van der Waals surface area contributed by atoms with E-state index < -0.39 is 0 Å². The molecule has 2 N–H and O–H groups in total. The predicted octanol–water partition coefficient (Wildman–Crippen LogP) is 2.81. The Morgan fingerprint density at radius 3 is 2.91 bits per heavy atom. The van der Waals surface area contributed by atoms with Crippen molar-refractivity contribution in [3.8, 4) is 5.75 Å². The number of halogens is 1. The van der Waals surface area contributed by atoms with Gasteiger partial charge in [-0.3, -0.25) is 9.69 Å². The van der Waals surface area contributed by atoms with Gasteiger partial charge in [-0.2, -0.15) is 0 Å². The van der Waals surface area contributed by atoms with Crippen LogP contribution in [0.1, 0.15) is 42.4 Å². The number of rotatable bonds is 3. The van der Waals surface area contributed by atoms with Gasteiger partial charge in [0.05, 0.1) is 10.7 Å². The number of H-pyrrole nitrogens is 1. The second kappa shape index (κ2) is 6.34. The van der Waals surface area contributed by atoms with Crippen molar-refractivity contribution in [2.45, 2.75) is 39.3 Å². The van der Waals surface area contributed by atoms with Crippen molar-refractivity contribution in [2.75, 3.05) is 6.54 Å². The number of phenolic OH excluding ortho intramolecular Hbond substituents is 1. The van der Waals surface area contributed by atoms with Crippen molar-refractivity contribution in [3.05, 3.63) is 56.2 Å². The van der Waals surface area contributed by atoms with Crippen molar-refractivity contribution in [2.24, 2.45) is 0 Å². The fourth-order valence-electron chi connectivity index (χ4n) is 2.83. The summed E-state index contributed by atoms with van der Waals surface area (Å²) in [6, 6.07) is 5.24. The van der Waals surface area contributed by atoms with E-state index in [-0.39, 0.29) is 17.2 Å². The van der Waals surface area contributed by atoms with Gasteiger partial charge in [-0.1, -0.05) is 31.5 Å². The fourth-order valence-corrected chi connectivity index (χ4v) is 3.03. The van der Waals surface area contributed by atoms with E-state index in [1.54, 1.807) is 12.1 Å². The average Bonchev–Trinajstić information content (AvgIpc) is 2.50. The monoisotopic (exact) mass is 333 g/mol. The van der Waals surface area contributed by atoms with Crippen molar-refractivity contribution >= 4 is 11.6 Å². The van der Waals surface area contributed by atoms with Crippen molar-refractivity contribution in [1.29, 1.82) is 0 Å². The van der Waals surface area contributed by atoms with Gasteiger partial charge in [-0.25, -0.2) is 4.98 Å². The summed E-state index contributed by atoms with van der Waals surface area (Å²) in [7, 11) is 0. The first-order valence-electron chi connectivity index (χ1n) is 7.75. The van der Waals surface area contributed by atoms with Crippen LogP contribution < -0.4 is 5.56 Å². The van der Waals surface area contributed by atoms with Gasteiger partial charge in [0.1, 0.15) is 11.6 Å². The highest BCUT2D eigenvalue weighted by Gasteiger charge is 2.21. The Bertz CT molecular complexity index is 786. The average molecular weight is 334 g/mol. The molecule has 2 aromatic rings. The molecule has 0 fully saturated rings. The Labute approximate surface area is 139 Å². The fraction of sp³-hybridized carbons (Fsp3) is 0.412. The maximum atomic E-state index is 12.2. The molecule has 0 saturated heterocycles. The van der Waals surface area contributed by atoms with Crippen LogP contribution in [0.2, 0.25) is 5.02 Å². The highest BCUT2D eigenvalue weighted by Crippen LogP contribution is 2.25. The van der Waals surface area contributed by atoms with Crippen LogP contribution in [0.15, 0.2) is 23.0 Å². The third kappa shape index (κ3) is 3.41. The summed E-state index contributed by atoms with van der Waals surface area (Å²) in [5.41, 5.74) is 2.69. The lowest BCUT2D eigenvalue weighted by molar-refractivity contribution is 0.240. The van der Waals surface area contributed by atoms with E-state index in [0.717, 1.165) is 29.2 Å². The first kappa shape index (κ1) is 16.0. The molecule has 0 bridgehead atoms. The number of phenols is 1. The number of aromatic nitrogens is 2. The maximum Gasteiger partial charge on any atom is 0.254 e. The SMILES string of the molecule is CC(C)c1nc2c(c(=O)[nH]1)CCN(Cc1ccc(O)c(Cl)c1)C2. The van der Waals surface area contributed by atoms with Gasteiger partial charge in [-0.05, 0) is 24.1 Å². The summed E-state index contributed by atoms with van der Waals surface area (Å²) in [6.45, 7) is 6.20. The maximum absolute atomic E-state index is 12.2. The molecule has 1 aliphatic heterocycles. The molecule has 0 aliphatic carbocycles. The molecule has 0 spiro atoms. The lowest BCUT2D eigenvalue weighted by Gasteiger charge is -2.28. The van der Waals surface area contributed by atoms with Gasteiger partial charge in [0, 0.05) is 31.1 Å². The minimum absolute atomic E-state index is 0.00831. The Hall–Kier alpha value is -1.85. The second-order valence-corrected chi connectivity index (χ2v) is 6.68. The molecule has 0 unspecified atom stereocenters. The lowest BCUT2D eigenvalue weighted by atomic mass is 10.0. The summed E-state index contributed by atoms with van der Waals surface area (Å²) in [5, 5.41) is 9.86. The summed E-state index contributed by atoms with van der Waals surface area (Å²) < 4.78 is 0. The molecule has 3 rings (SSSR count). The highest BCUT2D eigenvalue weighted by atomic mass is 35.5. The van der Waals surface area contributed by atoms with Crippen LogP contribution in [0.4, 0.5) is 0 Å². The third-order valence-corrected chi connectivity index (χ3v) is 4.44. The number of benzene rings is 1. The third-order valence-electron chi connectivity index (χ3n) is 4.14. The molecule has 1 aromatic heterocycles. The molecule has 1 aromatic carbocycles. The van der Waals surface area contributed by atoms with E-state index in [9.17, 15) is 9.90 Å². The van der Waals surface area contributed by atoms with Gasteiger partial charge in [-0.15, -0.1) is 0 Å². The van der Waals surface area contributed by atoms with Crippen LogP contribution in [-0.4, -0.2) is 26.5 Å². The normalized spacial score (nSPS) is 15.0. The Balaban J connectivity index is 1.81. The van der Waals surface area contributed by atoms with Crippen LogP contribution >= 0.6 is 11.6 Å². The first-order valence-corrected chi connectivity index (χ1v) is 8.13. The lowest BCUT2D eigenvalue weighted by Crippen LogP contribution is -2.35. The second-order valence-electron chi connectivity index (χ2n) is 6.28. The van der Waals surface area contributed by atoms with E-state index in [4.69, 9.17) is 11.6 Å². The summed E-state index contributed by atoms with van der Waals surface area (Å²) >= 11 is 5.96. The number of fused-ring (bicyclic) bond motifs is 1. The largest absolute Gasteiger partial charge is 0.506 e. The van der Waals surface area contributed by atoms with E-state index >= 15 is 0 Å². The van der Waals surface area contributed by atoms with Crippen molar-refractivity contribution in [3.63, 3.8) is 0 Å². The van der Waals surface area contributed by atoms with Gasteiger partial charge < -0.3 is 10.1 Å². The number of hydrogen-bond donors (Lipinski definition) is 2. The number of aromatic hydroxyl groups is 1. The van der Waals surface area contributed by atoms with E-state index in [1.165, 1.54) is 0 Å². The molecule has 2 heterocycles. The van der Waals surface area contributed by atoms with Crippen LogP contribution in [-0.2, 0) is 19.5 Å². The summed E-state index contributed by atoms with van der Waals surface area (Å²) in [6.07, 6.45) is 0.696. The number of aromatic amines is 1. The van der Waals surface area contributed by atoms with Gasteiger partial charge in [0.25, 0.3) is 5.56 Å². The molecule has 1 aliphatic rings. The molecule has 6 heteroatoms. The van der Waals surface area contributed by atoms with Crippen LogP contribution in [0.5, 0.6) is 5.75 Å². The smallest absolute Gasteiger partial charge is 0.254 e. The van der Waals surface area contributed by atoms with Gasteiger partial charge in [0.2, 0.25) is 0 Å². The van der Waals surface area contributed by atoms with Crippen molar-refractivity contribution in [1.82, 2.24) is 14.9 Å².